The number of pyridine rings is 1. The molecule has 1 aromatic carbocycles. The molecule has 0 fully saturated rings. The summed E-state index contributed by atoms with van der Waals surface area (Å²) < 4.78 is 14.0. The van der Waals surface area contributed by atoms with E-state index in [1.165, 1.54) is 18.2 Å². The van der Waals surface area contributed by atoms with E-state index >= 15 is 0 Å². The standard InChI is InChI=1S/C18H17ClFN5O/c1-11(10-26)22-18-24-16(14-4-2-3-7-21-14)9-17(25-18)23-15-8-12(19)5-6-13(15)20/h2-9,11,26H,10H2,1H3,(H2,22,23,24,25)/t11-/m0/s1. The van der Waals surface area contributed by atoms with E-state index in [1.807, 2.05) is 12.1 Å². The normalized spacial score (nSPS) is 11.8. The van der Waals surface area contributed by atoms with Crippen LogP contribution in [-0.4, -0.2) is 32.7 Å². The van der Waals surface area contributed by atoms with Crippen molar-refractivity contribution in [3.63, 3.8) is 0 Å². The van der Waals surface area contributed by atoms with Crippen LogP contribution >= 0.6 is 11.6 Å². The molecular formula is C18H17ClFN5O. The van der Waals surface area contributed by atoms with Crippen molar-refractivity contribution in [1.82, 2.24) is 15.0 Å². The van der Waals surface area contributed by atoms with Gasteiger partial charge in [-0.3, -0.25) is 4.98 Å². The van der Waals surface area contributed by atoms with E-state index in [-0.39, 0.29) is 18.3 Å². The van der Waals surface area contributed by atoms with Crippen molar-refractivity contribution < 1.29 is 9.50 Å². The van der Waals surface area contributed by atoms with Gasteiger partial charge in [0.15, 0.2) is 0 Å². The second kappa shape index (κ2) is 8.07. The highest BCUT2D eigenvalue weighted by Crippen LogP contribution is 2.26. The molecule has 134 valence electrons. The van der Waals surface area contributed by atoms with E-state index in [0.29, 0.717) is 28.2 Å². The van der Waals surface area contributed by atoms with Crippen LogP contribution in [0, 0.1) is 5.82 Å². The van der Waals surface area contributed by atoms with E-state index in [4.69, 9.17) is 11.6 Å². The topological polar surface area (TPSA) is 83.0 Å². The first-order valence-corrected chi connectivity index (χ1v) is 8.33. The summed E-state index contributed by atoms with van der Waals surface area (Å²) in [6.07, 6.45) is 1.66. The zero-order chi connectivity index (χ0) is 18.5. The van der Waals surface area contributed by atoms with Gasteiger partial charge in [0.2, 0.25) is 5.95 Å². The van der Waals surface area contributed by atoms with Crippen LogP contribution in [0.5, 0.6) is 0 Å². The number of hydrogen-bond donors (Lipinski definition) is 3. The third-order valence-corrected chi connectivity index (χ3v) is 3.73. The van der Waals surface area contributed by atoms with Crippen molar-refractivity contribution >= 4 is 29.1 Å². The van der Waals surface area contributed by atoms with Crippen LogP contribution in [0.3, 0.4) is 0 Å². The Morgan fingerprint density at radius 1 is 1.15 bits per heavy atom. The molecular weight excluding hydrogens is 357 g/mol. The summed E-state index contributed by atoms with van der Waals surface area (Å²) in [5, 5.41) is 15.6. The molecule has 6 nitrogen and oxygen atoms in total. The van der Waals surface area contributed by atoms with Crippen LogP contribution in [0.15, 0.2) is 48.7 Å². The van der Waals surface area contributed by atoms with E-state index in [2.05, 4.69) is 25.6 Å². The van der Waals surface area contributed by atoms with Crippen LogP contribution in [0.2, 0.25) is 5.02 Å². The van der Waals surface area contributed by atoms with Crippen LogP contribution in [-0.2, 0) is 0 Å². The van der Waals surface area contributed by atoms with Gasteiger partial charge in [0.1, 0.15) is 11.6 Å². The third-order valence-electron chi connectivity index (χ3n) is 3.49. The number of nitrogens with one attached hydrogen (secondary N) is 2. The van der Waals surface area contributed by atoms with E-state index in [9.17, 15) is 9.50 Å². The first-order chi connectivity index (χ1) is 12.5. The fourth-order valence-corrected chi connectivity index (χ4v) is 2.39. The minimum absolute atomic E-state index is 0.0805. The largest absolute Gasteiger partial charge is 0.394 e. The molecule has 0 saturated carbocycles. The minimum Gasteiger partial charge on any atom is -0.394 e. The van der Waals surface area contributed by atoms with Crippen LogP contribution < -0.4 is 10.6 Å². The highest BCUT2D eigenvalue weighted by molar-refractivity contribution is 6.30. The quantitative estimate of drug-likeness (QED) is 0.608. The molecule has 0 saturated heterocycles. The van der Waals surface area contributed by atoms with Crippen molar-refractivity contribution in [2.45, 2.75) is 13.0 Å². The minimum atomic E-state index is -0.453. The molecule has 1 atom stereocenters. The molecule has 0 bridgehead atoms. The number of halogens is 2. The number of rotatable bonds is 6. The Morgan fingerprint density at radius 2 is 2.00 bits per heavy atom. The molecule has 8 heteroatoms. The molecule has 0 amide bonds. The second-order valence-electron chi connectivity index (χ2n) is 5.65. The lowest BCUT2D eigenvalue weighted by molar-refractivity contribution is 0.281. The van der Waals surface area contributed by atoms with Crippen molar-refractivity contribution in [2.24, 2.45) is 0 Å². The molecule has 2 aromatic heterocycles. The molecule has 26 heavy (non-hydrogen) atoms. The number of hydrogen-bond acceptors (Lipinski definition) is 6. The SMILES string of the molecule is C[C@@H](CO)Nc1nc(Nc2cc(Cl)ccc2F)cc(-c2ccccn2)n1. The second-order valence-corrected chi connectivity index (χ2v) is 6.09. The van der Waals surface area contributed by atoms with Gasteiger partial charge in [-0.05, 0) is 37.3 Å². The zero-order valence-electron chi connectivity index (χ0n) is 13.9. The van der Waals surface area contributed by atoms with Gasteiger partial charge in [0, 0.05) is 23.3 Å². The average Bonchev–Trinajstić information content (AvgIpc) is 2.65. The van der Waals surface area contributed by atoms with Gasteiger partial charge < -0.3 is 15.7 Å². The number of aliphatic hydroxyl groups excluding tert-OH is 1. The third kappa shape index (κ3) is 4.44. The fraction of sp³-hybridized carbons (Fsp3) is 0.167. The number of anilines is 3. The van der Waals surface area contributed by atoms with Crippen molar-refractivity contribution in [3.8, 4) is 11.4 Å². The summed E-state index contributed by atoms with van der Waals surface area (Å²) in [6, 6.07) is 11.1. The zero-order valence-corrected chi connectivity index (χ0v) is 14.7. The van der Waals surface area contributed by atoms with Gasteiger partial charge in [-0.2, -0.15) is 4.98 Å². The van der Waals surface area contributed by atoms with E-state index < -0.39 is 5.82 Å². The number of nitrogens with zero attached hydrogens (tertiary/aromatic N) is 3. The summed E-state index contributed by atoms with van der Waals surface area (Å²) in [5.74, 6) is 0.208. The summed E-state index contributed by atoms with van der Waals surface area (Å²) in [6.45, 7) is 1.71. The van der Waals surface area contributed by atoms with Crippen LogP contribution in [0.1, 0.15) is 6.92 Å². The molecule has 3 aromatic rings. The predicted molar refractivity (Wildman–Crippen MR) is 100 cm³/mol. The van der Waals surface area contributed by atoms with Crippen LogP contribution in [0.4, 0.5) is 21.8 Å². The Hall–Kier alpha value is -2.77. The van der Waals surface area contributed by atoms with E-state index in [0.717, 1.165) is 0 Å². The Kier molecular flexibility index (Phi) is 5.60. The molecule has 0 aliphatic rings. The summed E-state index contributed by atoms with van der Waals surface area (Å²) in [7, 11) is 0. The average molecular weight is 374 g/mol. The lowest BCUT2D eigenvalue weighted by Crippen LogP contribution is -2.21. The predicted octanol–water partition coefficient (Wildman–Crippen LogP) is 3.87. The maximum absolute atomic E-state index is 14.0. The number of aromatic nitrogens is 3. The fourth-order valence-electron chi connectivity index (χ4n) is 2.22. The van der Waals surface area contributed by atoms with Crippen molar-refractivity contribution in [3.05, 3.63) is 59.5 Å². The molecule has 0 spiro atoms. The Bertz CT molecular complexity index is 894. The molecule has 2 heterocycles. The smallest absolute Gasteiger partial charge is 0.225 e. The molecule has 3 N–H and O–H groups in total. The highest BCUT2D eigenvalue weighted by Gasteiger charge is 2.11. The number of benzene rings is 1. The summed E-state index contributed by atoms with van der Waals surface area (Å²) in [5.41, 5.74) is 1.40. The monoisotopic (exact) mass is 373 g/mol. The van der Waals surface area contributed by atoms with Crippen molar-refractivity contribution in [2.75, 3.05) is 17.2 Å². The Labute approximate surface area is 155 Å². The first kappa shape index (κ1) is 18.0. The highest BCUT2D eigenvalue weighted by atomic mass is 35.5. The first-order valence-electron chi connectivity index (χ1n) is 7.95. The number of aliphatic hydroxyl groups is 1. The lowest BCUT2D eigenvalue weighted by atomic mass is 10.2. The van der Waals surface area contributed by atoms with Crippen LogP contribution in [0.25, 0.3) is 11.4 Å². The van der Waals surface area contributed by atoms with Gasteiger partial charge in [0.25, 0.3) is 0 Å². The summed E-state index contributed by atoms with van der Waals surface area (Å²) >= 11 is 5.94. The van der Waals surface area contributed by atoms with Gasteiger partial charge in [-0.15, -0.1) is 0 Å². The molecule has 0 unspecified atom stereocenters. The van der Waals surface area contributed by atoms with Gasteiger partial charge in [-0.1, -0.05) is 17.7 Å². The van der Waals surface area contributed by atoms with Gasteiger partial charge in [0.05, 0.1) is 23.7 Å². The van der Waals surface area contributed by atoms with Crippen molar-refractivity contribution in [1.29, 1.82) is 0 Å². The molecule has 0 radical (unpaired) electrons. The Morgan fingerprint density at radius 3 is 2.73 bits per heavy atom. The lowest BCUT2D eigenvalue weighted by Gasteiger charge is -2.14. The van der Waals surface area contributed by atoms with Gasteiger partial charge >= 0.3 is 0 Å². The Balaban J connectivity index is 2.00. The summed E-state index contributed by atoms with van der Waals surface area (Å²) in [4.78, 5) is 13.0. The van der Waals surface area contributed by atoms with E-state index in [1.54, 1.807) is 25.3 Å². The maximum atomic E-state index is 14.0. The maximum Gasteiger partial charge on any atom is 0.225 e. The van der Waals surface area contributed by atoms with Gasteiger partial charge in [-0.25, -0.2) is 9.37 Å². The molecule has 0 aliphatic heterocycles. The molecule has 0 aliphatic carbocycles. The molecule has 3 rings (SSSR count).